The Kier molecular flexibility index (Phi) is 6.40. The van der Waals surface area contributed by atoms with Crippen LogP contribution in [0.1, 0.15) is 16.7 Å². The smallest absolute Gasteiger partial charge is 0.318 e. The molecule has 0 aliphatic heterocycles. The first-order valence-corrected chi connectivity index (χ1v) is 7.53. The standard InChI is InChI=1S/C18H16F3N3O/c19-16-8-14(9-22)6-7-15(16)10-23-18(25)24(12-17(20)21)11-13-4-2-1-3-5-13/h1-8,17H,10-12H2,(H,23,25). The second-order valence-electron chi connectivity index (χ2n) is 5.33. The summed E-state index contributed by atoms with van der Waals surface area (Å²) in [5, 5.41) is 11.1. The third-order valence-corrected chi connectivity index (χ3v) is 3.47. The molecule has 0 fully saturated rings. The lowest BCUT2D eigenvalue weighted by Gasteiger charge is -2.23. The highest BCUT2D eigenvalue weighted by molar-refractivity contribution is 5.74. The highest BCUT2D eigenvalue weighted by Crippen LogP contribution is 2.11. The third-order valence-electron chi connectivity index (χ3n) is 3.47. The molecule has 0 spiro atoms. The van der Waals surface area contributed by atoms with Crippen molar-refractivity contribution in [1.82, 2.24) is 10.2 Å². The number of carbonyl (C=O) groups is 1. The van der Waals surface area contributed by atoms with Crippen LogP contribution >= 0.6 is 0 Å². The number of nitriles is 1. The van der Waals surface area contributed by atoms with E-state index < -0.39 is 24.8 Å². The Labute approximate surface area is 143 Å². The Morgan fingerprint density at radius 2 is 1.92 bits per heavy atom. The summed E-state index contributed by atoms with van der Waals surface area (Å²) in [4.78, 5) is 13.2. The molecule has 25 heavy (non-hydrogen) atoms. The minimum atomic E-state index is -2.68. The summed E-state index contributed by atoms with van der Waals surface area (Å²) in [6.07, 6.45) is -2.68. The first-order chi connectivity index (χ1) is 12.0. The van der Waals surface area contributed by atoms with Crippen molar-refractivity contribution in [3.05, 3.63) is 71.0 Å². The summed E-state index contributed by atoms with van der Waals surface area (Å²) < 4.78 is 39.3. The molecule has 130 valence electrons. The Morgan fingerprint density at radius 3 is 2.52 bits per heavy atom. The van der Waals surface area contributed by atoms with Crippen LogP contribution in [0.4, 0.5) is 18.0 Å². The highest BCUT2D eigenvalue weighted by atomic mass is 19.3. The van der Waals surface area contributed by atoms with Gasteiger partial charge in [0.1, 0.15) is 5.82 Å². The number of rotatable bonds is 6. The Hall–Kier alpha value is -3.01. The molecule has 2 amide bonds. The van der Waals surface area contributed by atoms with Crippen LogP contribution in [0.5, 0.6) is 0 Å². The second kappa shape index (κ2) is 8.73. The summed E-state index contributed by atoms with van der Waals surface area (Å²) in [5.74, 6) is -0.636. The van der Waals surface area contributed by atoms with Crippen LogP contribution < -0.4 is 5.32 Å². The number of halogens is 3. The van der Waals surface area contributed by atoms with Crippen LogP contribution in [0.15, 0.2) is 48.5 Å². The van der Waals surface area contributed by atoms with Gasteiger partial charge in [0.25, 0.3) is 6.43 Å². The summed E-state index contributed by atoms with van der Waals surface area (Å²) >= 11 is 0. The zero-order chi connectivity index (χ0) is 18.2. The number of benzene rings is 2. The maximum absolute atomic E-state index is 13.8. The lowest BCUT2D eigenvalue weighted by Crippen LogP contribution is -2.41. The van der Waals surface area contributed by atoms with Crippen molar-refractivity contribution in [2.75, 3.05) is 6.54 Å². The fourth-order valence-corrected chi connectivity index (χ4v) is 2.23. The highest BCUT2D eigenvalue weighted by Gasteiger charge is 2.18. The van der Waals surface area contributed by atoms with E-state index in [2.05, 4.69) is 5.32 Å². The van der Waals surface area contributed by atoms with Crippen LogP contribution in [-0.4, -0.2) is 23.9 Å². The van der Waals surface area contributed by atoms with E-state index in [4.69, 9.17) is 5.26 Å². The molecule has 0 atom stereocenters. The fraction of sp³-hybridized carbons (Fsp3) is 0.222. The number of amides is 2. The van der Waals surface area contributed by atoms with Crippen molar-refractivity contribution in [3.8, 4) is 6.07 Å². The zero-order valence-electron chi connectivity index (χ0n) is 13.3. The van der Waals surface area contributed by atoms with Crippen molar-refractivity contribution in [3.63, 3.8) is 0 Å². The van der Waals surface area contributed by atoms with Crippen LogP contribution in [-0.2, 0) is 13.1 Å². The van der Waals surface area contributed by atoms with E-state index in [-0.39, 0.29) is 24.2 Å². The molecule has 2 aromatic carbocycles. The monoisotopic (exact) mass is 347 g/mol. The van der Waals surface area contributed by atoms with Gasteiger partial charge in [0, 0.05) is 18.7 Å². The van der Waals surface area contributed by atoms with Crippen LogP contribution in [0.3, 0.4) is 0 Å². The molecular formula is C18H16F3N3O. The minimum Gasteiger partial charge on any atom is -0.334 e. The van der Waals surface area contributed by atoms with Gasteiger partial charge in [-0.25, -0.2) is 18.0 Å². The lowest BCUT2D eigenvalue weighted by molar-refractivity contribution is 0.0956. The van der Waals surface area contributed by atoms with Gasteiger partial charge in [0.15, 0.2) is 0 Å². The summed E-state index contributed by atoms with van der Waals surface area (Å²) in [6, 6.07) is 13.7. The van der Waals surface area contributed by atoms with Gasteiger partial charge < -0.3 is 10.2 Å². The summed E-state index contributed by atoms with van der Waals surface area (Å²) in [6.45, 7) is -0.867. The number of urea groups is 1. The van der Waals surface area contributed by atoms with Gasteiger partial charge in [-0.05, 0) is 17.7 Å². The van der Waals surface area contributed by atoms with Gasteiger partial charge in [0.2, 0.25) is 0 Å². The van der Waals surface area contributed by atoms with Crippen molar-refractivity contribution in [2.24, 2.45) is 0 Å². The molecule has 0 unspecified atom stereocenters. The van der Waals surface area contributed by atoms with Crippen molar-refractivity contribution < 1.29 is 18.0 Å². The third kappa shape index (κ3) is 5.53. The van der Waals surface area contributed by atoms with E-state index in [9.17, 15) is 18.0 Å². The van der Waals surface area contributed by atoms with Gasteiger partial charge >= 0.3 is 6.03 Å². The molecule has 7 heteroatoms. The van der Waals surface area contributed by atoms with Crippen molar-refractivity contribution in [1.29, 1.82) is 5.26 Å². The zero-order valence-corrected chi connectivity index (χ0v) is 13.3. The molecule has 0 aliphatic carbocycles. The molecule has 2 aromatic rings. The predicted molar refractivity (Wildman–Crippen MR) is 86.2 cm³/mol. The molecule has 0 saturated carbocycles. The number of nitrogens with zero attached hydrogens (tertiary/aromatic N) is 2. The van der Waals surface area contributed by atoms with Crippen LogP contribution in [0, 0.1) is 17.1 Å². The molecule has 0 radical (unpaired) electrons. The molecule has 0 bridgehead atoms. The molecule has 2 rings (SSSR count). The van der Waals surface area contributed by atoms with Gasteiger partial charge in [-0.3, -0.25) is 0 Å². The van der Waals surface area contributed by atoms with E-state index in [1.807, 2.05) is 6.07 Å². The normalized spacial score (nSPS) is 10.4. The van der Waals surface area contributed by atoms with Crippen molar-refractivity contribution in [2.45, 2.75) is 19.5 Å². The predicted octanol–water partition coefficient (Wildman–Crippen LogP) is 3.67. The van der Waals surface area contributed by atoms with E-state index in [0.29, 0.717) is 5.56 Å². The topological polar surface area (TPSA) is 56.1 Å². The first kappa shape index (κ1) is 18.3. The average Bonchev–Trinajstić information content (AvgIpc) is 2.60. The fourth-order valence-electron chi connectivity index (χ4n) is 2.23. The lowest BCUT2D eigenvalue weighted by atomic mass is 10.1. The molecule has 0 aliphatic rings. The largest absolute Gasteiger partial charge is 0.334 e. The molecular weight excluding hydrogens is 331 g/mol. The number of nitrogens with one attached hydrogen (secondary N) is 1. The molecule has 1 N–H and O–H groups in total. The SMILES string of the molecule is N#Cc1ccc(CNC(=O)N(Cc2ccccc2)CC(F)F)c(F)c1. The minimum absolute atomic E-state index is 0.0207. The number of alkyl halides is 2. The van der Waals surface area contributed by atoms with Crippen molar-refractivity contribution >= 4 is 6.03 Å². The van der Waals surface area contributed by atoms with E-state index >= 15 is 0 Å². The molecule has 0 saturated heterocycles. The Balaban J connectivity index is 2.03. The Morgan fingerprint density at radius 1 is 1.20 bits per heavy atom. The molecule has 0 aromatic heterocycles. The van der Waals surface area contributed by atoms with E-state index in [1.54, 1.807) is 30.3 Å². The Bertz CT molecular complexity index is 760. The molecule has 0 heterocycles. The average molecular weight is 347 g/mol. The van der Waals surface area contributed by atoms with E-state index in [1.165, 1.54) is 12.1 Å². The first-order valence-electron chi connectivity index (χ1n) is 7.53. The van der Waals surface area contributed by atoms with E-state index in [0.717, 1.165) is 11.0 Å². The van der Waals surface area contributed by atoms with Gasteiger partial charge in [-0.2, -0.15) is 5.26 Å². The maximum atomic E-state index is 13.8. The van der Waals surface area contributed by atoms with Gasteiger partial charge in [0.05, 0.1) is 18.2 Å². The number of carbonyl (C=O) groups excluding carboxylic acids is 1. The summed E-state index contributed by atoms with van der Waals surface area (Å²) in [5.41, 5.74) is 1.04. The van der Waals surface area contributed by atoms with Gasteiger partial charge in [-0.15, -0.1) is 0 Å². The van der Waals surface area contributed by atoms with Gasteiger partial charge in [-0.1, -0.05) is 36.4 Å². The second-order valence-corrected chi connectivity index (χ2v) is 5.33. The van der Waals surface area contributed by atoms with Crippen LogP contribution in [0.2, 0.25) is 0 Å². The molecule has 4 nitrogen and oxygen atoms in total. The summed E-state index contributed by atoms with van der Waals surface area (Å²) in [7, 11) is 0. The number of hydrogen-bond acceptors (Lipinski definition) is 2. The maximum Gasteiger partial charge on any atom is 0.318 e. The quantitative estimate of drug-likeness (QED) is 0.867. The number of hydrogen-bond donors (Lipinski definition) is 1. The van der Waals surface area contributed by atoms with Crippen LogP contribution in [0.25, 0.3) is 0 Å².